The predicted molar refractivity (Wildman–Crippen MR) is 78.0 cm³/mol. The SMILES string of the molecule is Cc1ccc(F)cc1S(=O)(=O)N(CCCCl)C1CCC1. The molecule has 0 aromatic heterocycles. The second-order valence-electron chi connectivity index (χ2n) is 5.15. The van der Waals surface area contributed by atoms with Crippen LogP contribution in [0.5, 0.6) is 0 Å². The predicted octanol–water partition coefficient (Wildman–Crippen LogP) is 3.31. The van der Waals surface area contributed by atoms with E-state index < -0.39 is 15.8 Å². The lowest BCUT2D eigenvalue weighted by Crippen LogP contribution is -2.44. The van der Waals surface area contributed by atoms with Crippen LogP contribution in [0.25, 0.3) is 0 Å². The van der Waals surface area contributed by atoms with Crippen molar-refractivity contribution >= 4 is 21.6 Å². The second-order valence-corrected chi connectivity index (χ2v) is 7.39. The van der Waals surface area contributed by atoms with Gasteiger partial charge in [-0.1, -0.05) is 12.5 Å². The highest BCUT2D eigenvalue weighted by Crippen LogP contribution is 2.31. The third-order valence-corrected chi connectivity index (χ3v) is 6.09. The molecule has 0 spiro atoms. The molecule has 0 N–H and O–H groups in total. The lowest BCUT2D eigenvalue weighted by atomic mass is 9.93. The van der Waals surface area contributed by atoms with Crippen LogP contribution < -0.4 is 0 Å². The maximum Gasteiger partial charge on any atom is 0.243 e. The molecular weight excluding hydrogens is 301 g/mol. The van der Waals surface area contributed by atoms with Gasteiger partial charge >= 0.3 is 0 Å². The quantitative estimate of drug-likeness (QED) is 0.754. The molecule has 0 atom stereocenters. The van der Waals surface area contributed by atoms with Crippen LogP contribution in [-0.2, 0) is 10.0 Å². The van der Waals surface area contributed by atoms with Crippen LogP contribution >= 0.6 is 11.6 Å². The summed E-state index contributed by atoms with van der Waals surface area (Å²) in [5.41, 5.74) is 0.571. The summed E-state index contributed by atoms with van der Waals surface area (Å²) >= 11 is 5.68. The fourth-order valence-corrected chi connectivity index (χ4v) is 4.45. The van der Waals surface area contributed by atoms with Gasteiger partial charge in [-0.05, 0) is 43.9 Å². The molecular formula is C14H19ClFNO2S. The van der Waals surface area contributed by atoms with Crippen LogP contribution in [0.3, 0.4) is 0 Å². The average molecular weight is 320 g/mol. The molecule has 1 aromatic carbocycles. The second kappa shape index (κ2) is 6.41. The van der Waals surface area contributed by atoms with Crippen LogP contribution in [0, 0.1) is 12.7 Å². The van der Waals surface area contributed by atoms with Crippen LogP contribution in [-0.4, -0.2) is 31.2 Å². The molecule has 0 amide bonds. The summed E-state index contributed by atoms with van der Waals surface area (Å²) in [7, 11) is -3.65. The molecule has 0 saturated heterocycles. The van der Waals surface area contributed by atoms with Crippen LogP contribution in [0.1, 0.15) is 31.2 Å². The first kappa shape index (κ1) is 15.7. The van der Waals surface area contributed by atoms with Gasteiger partial charge in [-0.15, -0.1) is 11.6 Å². The molecule has 1 fully saturated rings. The van der Waals surface area contributed by atoms with Crippen molar-refractivity contribution in [3.8, 4) is 0 Å². The maximum atomic E-state index is 13.4. The summed E-state index contributed by atoms with van der Waals surface area (Å²) in [6.07, 6.45) is 3.39. The molecule has 2 rings (SSSR count). The molecule has 3 nitrogen and oxygen atoms in total. The summed E-state index contributed by atoms with van der Waals surface area (Å²) in [5, 5.41) is 0. The summed E-state index contributed by atoms with van der Waals surface area (Å²) in [6.45, 7) is 2.08. The van der Waals surface area contributed by atoms with E-state index in [4.69, 9.17) is 11.6 Å². The van der Waals surface area contributed by atoms with E-state index in [9.17, 15) is 12.8 Å². The Labute approximate surface area is 124 Å². The number of sulfonamides is 1. The number of rotatable bonds is 6. The zero-order valence-corrected chi connectivity index (χ0v) is 13.1. The van der Waals surface area contributed by atoms with Crippen molar-refractivity contribution in [2.24, 2.45) is 0 Å². The minimum absolute atomic E-state index is 0.0332. The molecule has 1 aromatic rings. The van der Waals surface area contributed by atoms with Crippen molar-refractivity contribution in [2.75, 3.05) is 12.4 Å². The third kappa shape index (κ3) is 3.15. The van der Waals surface area contributed by atoms with Crippen molar-refractivity contribution in [1.29, 1.82) is 0 Å². The standard InChI is InChI=1S/C14H19ClFNO2S/c1-11-6-7-12(16)10-14(11)20(18,19)17(9-3-8-15)13-4-2-5-13/h6-7,10,13H,2-5,8-9H2,1H3. The number of aryl methyl sites for hydroxylation is 1. The summed E-state index contributed by atoms with van der Waals surface area (Å²) in [6, 6.07) is 3.92. The molecule has 1 aliphatic carbocycles. The van der Waals surface area contributed by atoms with E-state index >= 15 is 0 Å². The largest absolute Gasteiger partial charge is 0.243 e. The Bertz CT molecular complexity index is 573. The summed E-state index contributed by atoms with van der Waals surface area (Å²) in [4.78, 5) is 0.0685. The number of alkyl halides is 1. The molecule has 0 aliphatic heterocycles. The number of benzene rings is 1. The van der Waals surface area contributed by atoms with Crippen molar-refractivity contribution < 1.29 is 12.8 Å². The van der Waals surface area contributed by atoms with Gasteiger partial charge in [0.05, 0.1) is 4.90 Å². The zero-order valence-electron chi connectivity index (χ0n) is 11.5. The van der Waals surface area contributed by atoms with Gasteiger partial charge in [-0.2, -0.15) is 4.31 Å². The fourth-order valence-electron chi connectivity index (χ4n) is 2.37. The van der Waals surface area contributed by atoms with Gasteiger partial charge in [0.1, 0.15) is 5.82 Å². The Morgan fingerprint density at radius 3 is 2.65 bits per heavy atom. The normalized spacial score (nSPS) is 16.4. The van der Waals surface area contributed by atoms with E-state index in [1.54, 1.807) is 6.92 Å². The zero-order chi connectivity index (χ0) is 14.8. The van der Waals surface area contributed by atoms with Crippen molar-refractivity contribution in [3.63, 3.8) is 0 Å². The van der Waals surface area contributed by atoms with Gasteiger partial charge in [0, 0.05) is 18.5 Å². The Morgan fingerprint density at radius 1 is 1.40 bits per heavy atom. The van der Waals surface area contributed by atoms with Crippen LogP contribution in [0.15, 0.2) is 23.1 Å². The highest BCUT2D eigenvalue weighted by Gasteiger charge is 2.35. The molecule has 20 heavy (non-hydrogen) atoms. The van der Waals surface area contributed by atoms with Gasteiger partial charge < -0.3 is 0 Å². The summed E-state index contributed by atoms with van der Waals surface area (Å²) < 4.78 is 40.4. The Hall–Kier alpha value is -0.650. The highest BCUT2D eigenvalue weighted by atomic mass is 35.5. The third-order valence-electron chi connectivity index (χ3n) is 3.73. The fraction of sp³-hybridized carbons (Fsp3) is 0.571. The average Bonchev–Trinajstić information content (AvgIpc) is 2.34. The molecule has 0 radical (unpaired) electrons. The Balaban J connectivity index is 2.36. The minimum Gasteiger partial charge on any atom is -0.207 e. The van der Waals surface area contributed by atoms with Gasteiger partial charge in [-0.3, -0.25) is 0 Å². The Morgan fingerprint density at radius 2 is 2.10 bits per heavy atom. The first-order valence-corrected chi connectivity index (χ1v) is 8.78. The van der Waals surface area contributed by atoms with Gasteiger partial charge in [0.2, 0.25) is 10.0 Å². The highest BCUT2D eigenvalue weighted by molar-refractivity contribution is 7.89. The van der Waals surface area contributed by atoms with Gasteiger partial charge in [0.25, 0.3) is 0 Å². The van der Waals surface area contributed by atoms with Crippen molar-refractivity contribution in [3.05, 3.63) is 29.6 Å². The molecule has 1 saturated carbocycles. The van der Waals surface area contributed by atoms with Crippen LogP contribution in [0.4, 0.5) is 4.39 Å². The van der Waals surface area contributed by atoms with E-state index in [1.807, 2.05) is 0 Å². The van der Waals surface area contributed by atoms with Gasteiger partial charge in [0.15, 0.2) is 0 Å². The minimum atomic E-state index is -3.65. The lowest BCUT2D eigenvalue weighted by molar-refractivity contribution is 0.219. The number of hydrogen-bond donors (Lipinski definition) is 0. The van der Waals surface area contributed by atoms with Crippen molar-refractivity contribution in [2.45, 2.75) is 43.5 Å². The monoisotopic (exact) mass is 319 g/mol. The van der Waals surface area contributed by atoms with Crippen LogP contribution in [0.2, 0.25) is 0 Å². The maximum absolute atomic E-state index is 13.4. The first-order chi connectivity index (χ1) is 9.46. The van der Waals surface area contributed by atoms with E-state index in [2.05, 4.69) is 0 Å². The first-order valence-electron chi connectivity index (χ1n) is 6.81. The molecule has 0 unspecified atom stereocenters. The lowest BCUT2D eigenvalue weighted by Gasteiger charge is -2.36. The molecule has 6 heteroatoms. The van der Waals surface area contributed by atoms with E-state index in [1.165, 1.54) is 16.4 Å². The molecule has 0 heterocycles. The Kier molecular flexibility index (Phi) is 5.04. The number of halogens is 2. The van der Waals surface area contributed by atoms with E-state index in [-0.39, 0.29) is 10.9 Å². The smallest absolute Gasteiger partial charge is 0.207 e. The number of hydrogen-bond acceptors (Lipinski definition) is 2. The van der Waals surface area contributed by atoms with E-state index in [0.29, 0.717) is 24.4 Å². The molecule has 112 valence electrons. The van der Waals surface area contributed by atoms with Gasteiger partial charge in [-0.25, -0.2) is 12.8 Å². The molecule has 0 bridgehead atoms. The topological polar surface area (TPSA) is 37.4 Å². The number of nitrogens with zero attached hydrogens (tertiary/aromatic N) is 1. The van der Waals surface area contributed by atoms with E-state index in [0.717, 1.165) is 25.3 Å². The summed E-state index contributed by atoms with van der Waals surface area (Å²) in [5.74, 6) is -0.110. The van der Waals surface area contributed by atoms with Crippen molar-refractivity contribution in [1.82, 2.24) is 4.31 Å². The molecule has 1 aliphatic rings.